The highest BCUT2D eigenvalue weighted by Gasteiger charge is 2.27. The van der Waals surface area contributed by atoms with E-state index in [-0.39, 0.29) is 24.3 Å². The lowest BCUT2D eigenvalue weighted by molar-refractivity contribution is -0.117. The third kappa shape index (κ3) is 5.57. The normalized spacial score (nSPS) is 19.3. The van der Waals surface area contributed by atoms with Crippen molar-refractivity contribution >= 4 is 11.8 Å². The molecule has 1 aliphatic carbocycles. The van der Waals surface area contributed by atoms with E-state index in [0.29, 0.717) is 23.3 Å². The summed E-state index contributed by atoms with van der Waals surface area (Å²) in [7, 11) is 1.53. The Hall–Kier alpha value is -2.93. The number of rotatable bonds is 8. The molecule has 30 heavy (non-hydrogen) atoms. The molecule has 0 aliphatic heterocycles. The molecule has 3 rings (SSSR count). The number of carbonyl (C=O) groups is 2. The second kappa shape index (κ2) is 9.71. The quantitative estimate of drug-likeness (QED) is 0.620. The first-order valence-electron chi connectivity index (χ1n) is 10.1. The van der Waals surface area contributed by atoms with E-state index in [1.54, 1.807) is 12.1 Å². The Morgan fingerprint density at radius 3 is 2.60 bits per heavy atom. The monoisotopic (exact) mass is 413 g/mol. The Labute approximate surface area is 176 Å². The highest BCUT2D eigenvalue weighted by Crippen LogP contribution is 2.35. The summed E-state index contributed by atoms with van der Waals surface area (Å²) >= 11 is 0. The molecule has 0 saturated heterocycles. The van der Waals surface area contributed by atoms with Gasteiger partial charge >= 0.3 is 0 Å². The van der Waals surface area contributed by atoms with E-state index in [1.807, 2.05) is 25.1 Å². The van der Waals surface area contributed by atoms with Crippen LogP contribution in [-0.2, 0) is 4.79 Å². The van der Waals surface area contributed by atoms with Gasteiger partial charge in [0.2, 0.25) is 5.91 Å². The summed E-state index contributed by atoms with van der Waals surface area (Å²) in [6, 6.07) is 12.6. The fourth-order valence-corrected chi connectivity index (χ4v) is 4.01. The minimum atomic E-state index is -0.574. The van der Waals surface area contributed by atoms with Gasteiger partial charge in [0.05, 0.1) is 13.7 Å². The van der Waals surface area contributed by atoms with Crippen molar-refractivity contribution in [3.05, 3.63) is 65.0 Å². The molecule has 2 amide bonds. The third-order valence-corrected chi connectivity index (χ3v) is 5.62. The first-order valence-corrected chi connectivity index (χ1v) is 10.1. The van der Waals surface area contributed by atoms with Gasteiger partial charge in [-0.1, -0.05) is 12.1 Å². The van der Waals surface area contributed by atoms with Gasteiger partial charge in [-0.25, -0.2) is 4.39 Å². The van der Waals surface area contributed by atoms with Crippen molar-refractivity contribution < 1.29 is 18.7 Å². The summed E-state index contributed by atoms with van der Waals surface area (Å²) in [5, 5.41) is 6.08. The number of ether oxygens (including phenoxy) is 1. The first-order chi connectivity index (χ1) is 14.4. The number of halogens is 1. The zero-order valence-corrected chi connectivity index (χ0v) is 17.3. The van der Waals surface area contributed by atoms with Crippen molar-refractivity contribution in [2.75, 3.05) is 13.7 Å². The molecule has 6 nitrogen and oxygen atoms in total. The molecule has 0 unspecified atom stereocenters. The number of primary amides is 1. The average molecular weight is 413 g/mol. The van der Waals surface area contributed by atoms with Crippen molar-refractivity contribution in [2.45, 2.75) is 44.2 Å². The van der Waals surface area contributed by atoms with Gasteiger partial charge in [-0.05, 0) is 67.5 Å². The number of benzene rings is 2. The van der Waals surface area contributed by atoms with Crippen molar-refractivity contribution in [2.24, 2.45) is 5.73 Å². The molecule has 1 saturated carbocycles. The predicted octanol–water partition coefficient (Wildman–Crippen LogP) is 3.04. The van der Waals surface area contributed by atoms with E-state index in [0.717, 1.165) is 24.8 Å². The van der Waals surface area contributed by atoms with Crippen molar-refractivity contribution in [1.82, 2.24) is 10.6 Å². The smallest absolute Gasteiger partial charge is 0.251 e. The standard InChI is InChI=1S/C23H28FN3O3/c1-14(18-9-19(24)12-21(11-18)30-2)27-20-8-7-17(10-20)15-3-5-16(6-4-15)23(29)26-13-22(25)28/h3-6,9,11-12,14,17,20,27H,7-8,10,13H2,1-2H3,(H2,25,28)(H,26,29)/t14-,17-,20+/m1/s1. The third-order valence-electron chi connectivity index (χ3n) is 5.62. The lowest BCUT2D eigenvalue weighted by atomic mass is 9.96. The Morgan fingerprint density at radius 2 is 1.93 bits per heavy atom. The highest BCUT2D eigenvalue weighted by atomic mass is 19.1. The minimum Gasteiger partial charge on any atom is -0.497 e. The molecule has 0 spiro atoms. The van der Waals surface area contributed by atoms with Gasteiger partial charge in [0.25, 0.3) is 5.91 Å². The largest absolute Gasteiger partial charge is 0.497 e. The fraction of sp³-hybridized carbons (Fsp3) is 0.391. The van der Waals surface area contributed by atoms with E-state index in [9.17, 15) is 14.0 Å². The topological polar surface area (TPSA) is 93.4 Å². The molecule has 4 N–H and O–H groups in total. The second-order valence-corrected chi connectivity index (χ2v) is 7.79. The zero-order chi connectivity index (χ0) is 21.7. The number of methoxy groups -OCH3 is 1. The molecular weight excluding hydrogens is 385 g/mol. The van der Waals surface area contributed by atoms with Crippen LogP contribution in [0.5, 0.6) is 5.75 Å². The van der Waals surface area contributed by atoms with E-state index >= 15 is 0 Å². The molecule has 0 aromatic heterocycles. The van der Waals surface area contributed by atoms with Crippen LogP contribution < -0.4 is 21.1 Å². The van der Waals surface area contributed by atoms with Crippen molar-refractivity contribution in [3.63, 3.8) is 0 Å². The molecule has 2 aromatic carbocycles. The van der Waals surface area contributed by atoms with Crippen LogP contribution in [0.4, 0.5) is 4.39 Å². The molecule has 0 heterocycles. The lowest BCUT2D eigenvalue weighted by Crippen LogP contribution is -2.33. The maximum atomic E-state index is 13.8. The summed E-state index contributed by atoms with van der Waals surface area (Å²) in [4.78, 5) is 22.8. The summed E-state index contributed by atoms with van der Waals surface area (Å²) in [6.45, 7) is 1.85. The van der Waals surface area contributed by atoms with Gasteiger partial charge in [-0.3, -0.25) is 9.59 Å². The van der Waals surface area contributed by atoms with E-state index < -0.39 is 5.91 Å². The predicted molar refractivity (Wildman–Crippen MR) is 113 cm³/mol. The van der Waals surface area contributed by atoms with Crippen LogP contribution in [0.1, 0.15) is 59.6 Å². The van der Waals surface area contributed by atoms with Crippen LogP contribution in [0.3, 0.4) is 0 Å². The number of hydrogen-bond acceptors (Lipinski definition) is 4. The van der Waals surface area contributed by atoms with Gasteiger partial charge in [0, 0.05) is 23.7 Å². The lowest BCUT2D eigenvalue weighted by Gasteiger charge is -2.21. The van der Waals surface area contributed by atoms with Crippen LogP contribution in [-0.4, -0.2) is 31.5 Å². The van der Waals surface area contributed by atoms with Crippen LogP contribution in [0.25, 0.3) is 0 Å². The molecule has 2 aromatic rings. The maximum Gasteiger partial charge on any atom is 0.251 e. The average Bonchev–Trinajstić information content (AvgIpc) is 3.20. The van der Waals surface area contributed by atoms with E-state index in [1.165, 1.54) is 24.8 Å². The maximum absolute atomic E-state index is 13.8. The summed E-state index contributed by atoms with van der Waals surface area (Å²) in [6.07, 6.45) is 3.05. The minimum absolute atomic E-state index is 0.00896. The summed E-state index contributed by atoms with van der Waals surface area (Å²) in [5.41, 5.74) is 7.60. The number of amides is 2. The van der Waals surface area contributed by atoms with Crippen molar-refractivity contribution in [3.8, 4) is 5.75 Å². The fourth-order valence-electron chi connectivity index (χ4n) is 4.01. The molecule has 0 radical (unpaired) electrons. The summed E-state index contributed by atoms with van der Waals surface area (Å²) < 4.78 is 19.0. The molecule has 1 fully saturated rings. The van der Waals surface area contributed by atoms with E-state index in [4.69, 9.17) is 10.5 Å². The highest BCUT2D eigenvalue weighted by molar-refractivity contribution is 5.96. The Bertz CT molecular complexity index is 901. The SMILES string of the molecule is COc1cc(F)cc([C@@H](C)N[C@H]2CC[C@@H](c3ccc(C(=O)NCC(N)=O)cc3)C2)c1. The molecule has 3 atom stereocenters. The molecule has 0 bridgehead atoms. The molecule has 160 valence electrons. The van der Waals surface area contributed by atoms with Crippen molar-refractivity contribution in [1.29, 1.82) is 0 Å². The van der Waals surface area contributed by atoms with Gasteiger partial charge in [0.15, 0.2) is 0 Å². The Balaban J connectivity index is 1.57. The Kier molecular flexibility index (Phi) is 7.05. The molecule has 1 aliphatic rings. The molecule has 7 heteroatoms. The number of nitrogens with two attached hydrogens (primary N) is 1. The van der Waals surface area contributed by atoms with Crippen LogP contribution in [0, 0.1) is 5.82 Å². The van der Waals surface area contributed by atoms with Gasteiger partial charge < -0.3 is 21.1 Å². The number of carbonyl (C=O) groups excluding carboxylic acids is 2. The summed E-state index contributed by atoms with van der Waals surface area (Å²) in [5.74, 6) is -0.273. The van der Waals surface area contributed by atoms with Gasteiger partial charge in [0.1, 0.15) is 11.6 Å². The van der Waals surface area contributed by atoms with Crippen LogP contribution in [0.15, 0.2) is 42.5 Å². The van der Waals surface area contributed by atoms with Crippen LogP contribution in [0.2, 0.25) is 0 Å². The van der Waals surface area contributed by atoms with Gasteiger partial charge in [-0.2, -0.15) is 0 Å². The first kappa shape index (κ1) is 21.8. The second-order valence-electron chi connectivity index (χ2n) is 7.79. The molecular formula is C23H28FN3O3. The zero-order valence-electron chi connectivity index (χ0n) is 17.3. The number of hydrogen-bond donors (Lipinski definition) is 3. The Morgan fingerprint density at radius 1 is 1.20 bits per heavy atom. The number of nitrogens with one attached hydrogen (secondary N) is 2. The van der Waals surface area contributed by atoms with Gasteiger partial charge in [-0.15, -0.1) is 0 Å². The van der Waals surface area contributed by atoms with Crippen LogP contribution >= 0.6 is 0 Å². The van der Waals surface area contributed by atoms with E-state index in [2.05, 4.69) is 10.6 Å².